The van der Waals surface area contributed by atoms with Gasteiger partial charge in [-0.15, -0.1) is 0 Å². The first-order valence-corrected chi connectivity index (χ1v) is 7.21. The molecule has 1 atom stereocenters. The van der Waals surface area contributed by atoms with E-state index in [4.69, 9.17) is 14.6 Å². The van der Waals surface area contributed by atoms with Crippen LogP contribution in [0.3, 0.4) is 0 Å². The maximum atomic E-state index is 12.3. The number of ether oxygens (including phenoxy) is 2. The monoisotopic (exact) mass is 317 g/mol. The highest BCUT2D eigenvalue weighted by molar-refractivity contribution is 6.00. The molecule has 1 amide bonds. The molecule has 0 saturated carbocycles. The summed E-state index contributed by atoms with van der Waals surface area (Å²) in [6.07, 6.45) is 5.36. The fraction of sp³-hybridized carbons (Fsp3) is 0.294. The van der Waals surface area contributed by atoms with Gasteiger partial charge in [0.05, 0.1) is 12.7 Å². The van der Waals surface area contributed by atoms with Crippen molar-refractivity contribution < 1.29 is 24.2 Å². The number of aliphatic carboxylic acids is 1. The predicted octanol–water partition coefficient (Wildman–Crippen LogP) is 2.01. The van der Waals surface area contributed by atoms with Crippen LogP contribution in [0.25, 0.3) is 6.08 Å². The predicted molar refractivity (Wildman–Crippen MR) is 85.5 cm³/mol. The van der Waals surface area contributed by atoms with Gasteiger partial charge in [-0.25, -0.2) is 4.79 Å². The number of carbonyl (C=O) groups excluding carboxylic acids is 1. The zero-order valence-corrected chi connectivity index (χ0v) is 13.0. The molecular formula is C17H19NO5. The number of nitrogens with one attached hydrogen (secondary N) is 1. The van der Waals surface area contributed by atoms with Gasteiger partial charge in [0, 0.05) is 5.56 Å². The normalized spacial score (nSPS) is 14.4. The smallest absolute Gasteiger partial charge is 0.326 e. The van der Waals surface area contributed by atoms with Crippen molar-refractivity contribution in [2.75, 3.05) is 13.7 Å². The minimum atomic E-state index is -1.07. The number of allylic oxidation sites excluding steroid dienone is 1. The average molecular weight is 317 g/mol. The first kappa shape index (κ1) is 16.6. The van der Waals surface area contributed by atoms with Gasteiger partial charge in [0.15, 0.2) is 0 Å². The van der Waals surface area contributed by atoms with Crippen LogP contribution in [-0.2, 0) is 9.59 Å². The summed E-state index contributed by atoms with van der Waals surface area (Å²) in [5, 5.41) is 11.7. The standard InChI is InChI=1S/C17H19NO5/c1-3-4-5-14(17(20)21)18-16(19)12-8-11-9-13(22-2)6-7-15(11)23-10-12/h3-4,6-9,14H,5,10H2,1-2H3,(H,18,19)(H,20,21)/b4-3+. The molecule has 0 spiro atoms. The van der Waals surface area contributed by atoms with Crippen LogP contribution in [0.4, 0.5) is 0 Å². The van der Waals surface area contributed by atoms with Crippen molar-refractivity contribution in [2.24, 2.45) is 0 Å². The van der Waals surface area contributed by atoms with Crippen LogP contribution < -0.4 is 14.8 Å². The summed E-state index contributed by atoms with van der Waals surface area (Å²) in [4.78, 5) is 23.5. The number of rotatable bonds is 6. The van der Waals surface area contributed by atoms with E-state index >= 15 is 0 Å². The van der Waals surface area contributed by atoms with E-state index in [0.717, 1.165) is 5.56 Å². The van der Waals surface area contributed by atoms with E-state index in [1.165, 1.54) is 0 Å². The highest BCUT2D eigenvalue weighted by atomic mass is 16.5. The minimum Gasteiger partial charge on any atom is -0.497 e. The average Bonchev–Trinajstić information content (AvgIpc) is 2.56. The van der Waals surface area contributed by atoms with Gasteiger partial charge in [0.1, 0.15) is 24.1 Å². The Bertz CT molecular complexity index is 663. The van der Waals surface area contributed by atoms with E-state index < -0.39 is 17.9 Å². The Hall–Kier alpha value is -2.76. The molecule has 0 bridgehead atoms. The number of hydrogen-bond acceptors (Lipinski definition) is 4. The number of fused-ring (bicyclic) bond motifs is 1. The second-order valence-corrected chi connectivity index (χ2v) is 5.03. The summed E-state index contributed by atoms with van der Waals surface area (Å²) in [6, 6.07) is 4.34. The Morgan fingerprint density at radius 3 is 2.91 bits per heavy atom. The lowest BCUT2D eigenvalue weighted by atomic mass is 10.1. The molecule has 0 aliphatic carbocycles. The van der Waals surface area contributed by atoms with Gasteiger partial charge < -0.3 is 19.9 Å². The Kier molecular flexibility index (Phi) is 5.41. The summed E-state index contributed by atoms with van der Waals surface area (Å²) >= 11 is 0. The maximum Gasteiger partial charge on any atom is 0.326 e. The number of carboxylic acid groups (broad SMARTS) is 1. The first-order valence-electron chi connectivity index (χ1n) is 7.21. The minimum absolute atomic E-state index is 0.0983. The van der Waals surface area contributed by atoms with E-state index in [-0.39, 0.29) is 13.0 Å². The summed E-state index contributed by atoms with van der Waals surface area (Å²) < 4.78 is 10.7. The van der Waals surface area contributed by atoms with Gasteiger partial charge in [0.25, 0.3) is 5.91 Å². The van der Waals surface area contributed by atoms with E-state index in [1.54, 1.807) is 50.5 Å². The third-order valence-electron chi connectivity index (χ3n) is 3.43. The highest BCUT2D eigenvalue weighted by Gasteiger charge is 2.23. The van der Waals surface area contributed by atoms with Gasteiger partial charge >= 0.3 is 5.97 Å². The van der Waals surface area contributed by atoms with E-state index in [0.29, 0.717) is 17.1 Å². The van der Waals surface area contributed by atoms with Crippen LogP contribution in [0.1, 0.15) is 18.9 Å². The van der Waals surface area contributed by atoms with Crippen molar-refractivity contribution in [3.8, 4) is 11.5 Å². The molecule has 2 N–H and O–H groups in total. The number of hydrogen-bond donors (Lipinski definition) is 2. The molecule has 1 aromatic carbocycles. The Morgan fingerprint density at radius 1 is 1.48 bits per heavy atom. The summed E-state index contributed by atoms with van der Waals surface area (Å²) in [7, 11) is 1.56. The first-order chi connectivity index (χ1) is 11.0. The molecule has 122 valence electrons. The molecule has 1 unspecified atom stereocenters. The summed E-state index contributed by atoms with van der Waals surface area (Å²) in [5.41, 5.74) is 1.10. The second-order valence-electron chi connectivity index (χ2n) is 5.03. The molecule has 6 heteroatoms. The molecule has 0 fully saturated rings. The topological polar surface area (TPSA) is 84.9 Å². The lowest BCUT2D eigenvalue weighted by Gasteiger charge is -2.20. The number of carbonyl (C=O) groups is 2. The fourth-order valence-electron chi connectivity index (χ4n) is 2.16. The van der Waals surface area contributed by atoms with Gasteiger partial charge in [-0.1, -0.05) is 12.2 Å². The molecule has 1 aliphatic rings. The van der Waals surface area contributed by atoms with Gasteiger partial charge in [-0.05, 0) is 37.6 Å². The van der Waals surface area contributed by atoms with E-state index in [2.05, 4.69) is 5.32 Å². The van der Waals surface area contributed by atoms with Crippen LogP contribution in [0.5, 0.6) is 11.5 Å². The lowest BCUT2D eigenvalue weighted by Crippen LogP contribution is -2.42. The molecule has 1 heterocycles. The zero-order chi connectivity index (χ0) is 16.8. The van der Waals surface area contributed by atoms with Crippen molar-refractivity contribution >= 4 is 18.0 Å². The molecule has 6 nitrogen and oxygen atoms in total. The van der Waals surface area contributed by atoms with Crippen LogP contribution in [-0.4, -0.2) is 36.7 Å². The van der Waals surface area contributed by atoms with Crippen molar-refractivity contribution in [2.45, 2.75) is 19.4 Å². The zero-order valence-electron chi connectivity index (χ0n) is 13.0. The number of carboxylic acids is 1. The van der Waals surface area contributed by atoms with Crippen molar-refractivity contribution in [1.82, 2.24) is 5.32 Å². The Labute approximate surface area is 134 Å². The van der Waals surface area contributed by atoms with Crippen LogP contribution in [0.2, 0.25) is 0 Å². The molecule has 0 aromatic heterocycles. The van der Waals surface area contributed by atoms with Gasteiger partial charge in [0.2, 0.25) is 0 Å². The number of methoxy groups -OCH3 is 1. The third kappa shape index (κ3) is 4.12. The molecule has 2 rings (SSSR count). The SMILES string of the molecule is C/C=C/CC(NC(=O)C1=Cc2cc(OC)ccc2OC1)C(=O)O. The van der Waals surface area contributed by atoms with Crippen LogP contribution >= 0.6 is 0 Å². The molecular weight excluding hydrogens is 298 g/mol. The van der Waals surface area contributed by atoms with Crippen molar-refractivity contribution in [3.63, 3.8) is 0 Å². The highest BCUT2D eigenvalue weighted by Crippen LogP contribution is 2.29. The molecule has 23 heavy (non-hydrogen) atoms. The van der Waals surface area contributed by atoms with Crippen LogP contribution in [0, 0.1) is 0 Å². The summed E-state index contributed by atoms with van der Waals surface area (Å²) in [6.45, 7) is 1.89. The molecule has 0 saturated heterocycles. The summed E-state index contributed by atoms with van der Waals surface area (Å²) in [5.74, 6) is -0.209. The van der Waals surface area contributed by atoms with Gasteiger partial charge in [-0.3, -0.25) is 4.79 Å². The molecule has 1 aliphatic heterocycles. The Morgan fingerprint density at radius 2 is 2.26 bits per heavy atom. The largest absolute Gasteiger partial charge is 0.497 e. The van der Waals surface area contributed by atoms with Crippen LogP contribution in [0.15, 0.2) is 35.9 Å². The quantitative estimate of drug-likeness (QED) is 0.784. The van der Waals surface area contributed by atoms with E-state index in [1.807, 2.05) is 0 Å². The van der Waals surface area contributed by atoms with Gasteiger partial charge in [-0.2, -0.15) is 0 Å². The molecule has 0 radical (unpaired) electrons. The van der Waals surface area contributed by atoms with Crippen molar-refractivity contribution in [3.05, 3.63) is 41.5 Å². The number of benzene rings is 1. The Balaban J connectivity index is 2.15. The van der Waals surface area contributed by atoms with E-state index in [9.17, 15) is 9.59 Å². The number of amides is 1. The third-order valence-corrected chi connectivity index (χ3v) is 3.43. The lowest BCUT2D eigenvalue weighted by molar-refractivity contribution is -0.141. The fourth-order valence-corrected chi connectivity index (χ4v) is 2.16. The van der Waals surface area contributed by atoms with Crippen molar-refractivity contribution in [1.29, 1.82) is 0 Å². The molecule has 1 aromatic rings. The maximum absolute atomic E-state index is 12.3. The second kappa shape index (κ2) is 7.49.